The minimum Gasteiger partial charge on any atom is -0.468 e. The maximum atomic E-state index is 12.0. The van der Waals surface area contributed by atoms with Gasteiger partial charge in [0.05, 0.1) is 12.8 Å². The Kier molecular flexibility index (Phi) is 4.48. The maximum Gasteiger partial charge on any atom is 0.325 e. The third-order valence-corrected chi connectivity index (χ3v) is 3.89. The highest BCUT2D eigenvalue weighted by atomic mass is 16.5. The molecule has 1 N–H and O–H groups in total. The number of hydrogen-bond acceptors (Lipinski definition) is 4. The molecule has 1 heterocycles. The van der Waals surface area contributed by atoms with Crippen molar-refractivity contribution in [2.45, 2.75) is 64.6 Å². The second-order valence-corrected chi connectivity index (χ2v) is 6.00. The second-order valence-electron chi connectivity index (χ2n) is 6.00. The predicted molar refractivity (Wildman–Crippen MR) is 77.5 cm³/mol. The maximum absolute atomic E-state index is 12.0. The van der Waals surface area contributed by atoms with E-state index < -0.39 is 5.54 Å². The average Bonchev–Trinajstić information content (AvgIpc) is 3.14. The number of hydrogen-bond donors (Lipinski definition) is 1. The number of ether oxygens (including phenoxy) is 1. The number of aryl methyl sites for hydroxylation is 3. The number of esters is 1. The zero-order chi connectivity index (χ0) is 14.8. The molecule has 0 amide bonds. The first-order valence-corrected chi connectivity index (χ1v) is 7.32. The quantitative estimate of drug-likeness (QED) is 0.775. The van der Waals surface area contributed by atoms with Crippen LogP contribution in [0.25, 0.3) is 0 Å². The molecule has 1 aromatic rings. The zero-order valence-corrected chi connectivity index (χ0v) is 12.9. The number of carbonyl (C=O) groups is 1. The Labute approximate surface area is 120 Å². The molecule has 0 spiro atoms. The fraction of sp³-hybridized carbons (Fsp3) is 0.733. The van der Waals surface area contributed by atoms with Gasteiger partial charge in [-0.3, -0.25) is 14.8 Å². The topological polar surface area (TPSA) is 56.2 Å². The lowest BCUT2D eigenvalue weighted by molar-refractivity contribution is -0.148. The lowest BCUT2D eigenvalue weighted by Crippen LogP contribution is -2.51. The van der Waals surface area contributed by atoms with E-state index in [2.05, 4.69) is 23.4 Å². The first-order chi connectivity index (χ1) is 9.44. The Morgan fingerprint density at radius 3 is 2.75 bits per heavy atom. The van der Waals surface area contributed by atoms with Crippen LogP contribution in [0.1, 0.15) is 44.0 Å². The molecule has 1 aliphatic carbocycles. The van der Waals surface area contributed by atoms with E-state index in [4.69, 9.17) is 4.74 Å². The Hall–Kier alpha value is -1.36. The Bertz CT molecular complexity index is 479. The smallest absolute Gasteiger partial charge is 0.325 e. The van der Waals surface area contributed by atoms with Gasteiger partial charge in [-0.05, 0) is 52.5 Å². The van der Waals surface area contributed by atoms with Gasteiger partial charge in [0.15, 0.2) is 0 Å². The van der Waals surface area contributed by atoms with E-state index in [1.165, 1.54) is 7.11 Å². The van der Waals surface area contributed by atoms with E-state index in [1.54, 1.807) is 0 Å². The number of nitrogens with one attached hydrogen (secondary N) is 1. The van der Waals surface area contributed by atoms with E-state index in [0.717, 1.165) is 43.6 Å². The molecule has 1 fully saturated rings. The number of carbonyl (C=O) groups excluding carboxylic acids is 1. The van der Waals surface area contributed by atoms with Gasteiger partial charge in [0.2, 0.25) is 0 Å². The molecule has 0 saturated heterocycles. The molecule has 1 atom stereocenters. The molecular weight excluding hydrogens is 254 g/mol. The van der Waals surface area contributed by atoms with Gasteiger partial charge in [0.25, 0.3) is 0 Å². The van der Waals surface area contributed by atoms with E-state index >= 15 is 0 Å². The third-order valence-electron chi connectivity index (χ3n) is 3.89. The first kappa shape index (κ1) is 15.0. The zero-order valence-electron chi connectivity index (χ0n) is 12.9. The molecule has 0 aromatic carbocycles. The van der Waals surface area contributed by atoms with Gasteiger partial charge in [0.1, 0.15) is 5.54 Å². The van der Waals surface area contributed by atoms with Crippen LogP contribution in [0.3, 0.4) is 0 Å². The van der Waals surface area contributed by atoms with Crippen LogP contribution in [0, 0.1) is 13.8 Å². The van der Waals surface area contributed by atoms with E-state index in [-0.39, 0.29) is 5.97 Å². The molecule has 20 heavy (non-hydrogen) atoms. The number of methoxy groups -OCH3 is 1. The highest BCUT2D eigenvalue weighted by Crippen LogP contribution is 2.25. The summed E-state index contributed by atoms with van der Waals surface area (Å²) in [5, 5.41) is 7.87. The number of aromatic nitrogens is 2. The molecular formula is C15H25N3O2. The summed E-state index contributed by atoms with van der Waals surface area (Å²) in [6, 6.07) is 2.55. The van der Waals surface area contributed by atoms with Gasteiger partial charge in [0, 0.05) is 18.3 Å². The summed E-state index contributed by atoms with van der Waals surface area (Å²) in [5.74, 6) is -0.169. The summed E-state index contributed by atoms with van der Waals surface area (Å²) < 4.78 is 6.95. The summed E-state index contributed by atoms with van der Waals surface area (Å²) in [6.45, 7) is 6.83. The van der Waals surface area contributed by atoms with Crippen LogP contribution in [0.2, 0.25) is 0 Å². The normalized spacial score (nSPS) is 17.8. The minimum absolute atomic E-state index is 0.169. The molecule has 1 unspecified atom stereocenters. The standard InChI is InChI=1S/C15H25N3O2/c1-11-10-12(2)18(17-11)9-5-8-15(3,14(19)20-4)16-13-6-7-13/h10,13,16H,5-9H2,1-4H3. The molecule has 112 valence electrons. The molecule has 1 saturated carbocycles. The van der Waals surface area contributed by atoms with Crippen LogP contribution in [0.15, 0.2) is 6.07 Å². The lowest BCUT2D eigenvalue weighted by Gasteiger charge is -2.28. The SMILES string of the molecule is COC(=O)C(C)(CCCn1nc(C)cc1C)NC1CC1. The van der Waals surface area contributed by atoms with Crippen molar-refractivity contribution in [1.29, 1.82) is 0 Å². The Morgan fingerprint density at radius 2 is 2.25 bits per heavy atom. The molecule has 5 heteroatoms. The molecule has 1 aromatic heterocycles. The van der Waals surface area contributed by atoms with Gasteiger partial charge in [-0.1, -0.05) is 0 Å². The highest BCUT2D eigenvalue weighted by Gasteiger charge is 2.38. The Morgan fingerprint density at radius 1 is 1.55 bits per heavy atom. The molecule has 0 bridgehead atoms. The summed E-state index contributed by atoms with van der Waals surface area (Å²) in [7, 11) is 1.45. The molecule has 1 aliphatic rings. The van der Waals surface area contributed by atoms with Crippen LogP contribution >= 0.6 is 0 Å². The monoisotopic (exact) mass is 279 g/mol. The van der Waals surface area contributed by atoms with Gasteiger partial charge >= 0.3 is 5.97 Å². The molecule has 5 nitrogen and oxygen atoms in total. The number of rotatable bonds is 7. The van der Waals surface area contributed by atoms with Crippen molar-refractivity contribution >= 4 is 5.97 Å². The van der Waals surface area contributed by atoms with E-state index in [1.807, 2.05) is 18.5 Å². The van der Waals surface area contributed by atoms with Gasteiger partial charge < -0.3 is 4.74 Å². The summed E-state index contributed by atoms with van der Waals surface area (Å²) >= 11 is 0. The van der Waals surface area contributed by atoms with Crippen LogP contribution in [0.4, 0.5) is 0 Å². The number of nitrogens with zero attached hydrogens (tertiary/aromatic N) is 2. The minimum atomic E-state index is -0.577. The fourth-order valence-electron chi connectivity index (χ4n) is 2.62. The van der Waals surface area contributed by atoms with Crippen LogP contribution in [-0.4, -0.2) is 34.4 Å². The molecule has 0 radical (unpaired) electrons. The molecule has 0 aliphatic heterocycles. The van der Waals surface area contributed by atoms with Crippen molar-refractivity contribution in [3.63, 3.8) is 0 Å². The highest BCUT2D eigenvalue weighted by molar-refractivity contribution is 5.80. The first-order valence-electron chi connectivity index (χ1n) is 7.32. The van der Waals surface area contributed by atoms with Crippen LogP contribution in [-0.2, 0) is 16.1 Å². The fourth-order valence-corrected chi connectivity index (χ4v) is 2.62. The average molecular weight is 279 g/mol. The summed E-state index contributed by atoms with van der Waals surface area (Å²) in [4.78, 5) is 12.0. The van der Waals surface area contributed by atoms with Gasteiger partial charge in [-0.2, -0.15) is 5.10 Å². The third kappa shape index (κ3) is 3.60. The van der Waals surface area contributed by atoms with Crippen LogP contribution in [0.5, 0.6) is 0 Å². The second kappa shape index (κ2) is 5.95. The van der Waals surface area contributed by atoms with Crippen LogP contribution < -0.4 is 5.32 Å². The largest absolute Gasteiger partial charge is 0.468 e. The van der Waals surface area contributed by atoms with E-state index in [9.17, 15) is 4.79 Å². The Balaban J connectivity index is 1.91. The lowest BCUT2D eigenvalue weighted by atomic mass is 9.95. The van der Waals surface area contributed by atoms with Crippen molar-refractivity contribution < 1.29 is 9.53 Å². The molecule has 2 rings (SSSR count). The van der Waals surface area contributed by atoms with Gasteiger partial charge in [-0.25, -0.2) is 0 Å². The van der Waals surface area contributed by atoms with Crippen molar-refractivity contribution in [1.82, 2.24) is 15.1 Å². The van der Waals surface area contributed by atoms with Crippen molar-refractivity contribution in [2.75, 3.05) is 7.11 Å². The van der Waals surface area contributed by atoms with Crippen molar-refractivity contribution in [3.05, 3.63) is 17.5 Å². The van der Waals surface area contributed by atoms with Gasteiger partial charge in [-0.15, -0.1) is 0 Å². The van der Waals surface area contributed by atoms with E-state index in [0.29, 0.717) is 6.04 Å². The summed E-state index contributed by atoms with van der Waals surface area (Å²) in [6.07, 6.45) is 3.97. The summed E-state index contributed by atoms with van der Waals surface area (Å²) in [5.41, 5.74) is 1.62. The van der Waals surface area contributed by atoms with Crippen molar-refractivity contribution in [2.24, 2.45) is 0 Å². The predicted octanol–water partition coefficient (Wildman–Crippen LogP) is 1.96. The van der Waals surface area contributed by atoms with Crippen molar-refractivity contribution in [3.8, 4) is 0 Å².